The molecule has 0 aliphatic carbocycles. The molecule has 0 radical (unpaired) electrons. The van der Waals surface area contributed by atoms with Crippen molar-refractivity contribution in [3.05, 3.63) is 52.8 Å². The first kappa shape index (κ1) is 18.4. The lowest BCUT2D eigenvalue weighted by Crippen LogP contribution is -2.23. The second kappa shape index (κ2) is 6.91. The number of sulfonamides is 1. The fraction of sp³-hybridized carbons (Fsp3) is 0.389. The molecular weight excluding hydrogens is 324 g/mol. The molecule has 1 aromatic carbocycles. The van der Waals surface area contributed by atoms with Crippen LogP contribution in [0.1, 0.15) is 54.1 Å². The molecule has 0 aliphatic heterocycles. The molecule has 2 aromatic rings. The molecule has 0 bridgehead atoms. The summed E-state index contributed by atoms with van der Waals surface area (Å²) in [5.74, 6) is -0.0898. The SMILES string of the molecule is CC(=O)c1ccc(S(=O)(=O)NCc2cc(C)n(C(C)C)c2C)cc1. The molecule has 6 heteroatoms. The Hall–Kier alpha value is -1.92. The lowest BCUT2D eigenvalue weighted by molar-refractivity contribution is 0.101. The summed E-state index contributed by atoms with van der Waals surface area (Å²) in [6.45, 7) is 9.91. The highest BCUT2D eigenvalue weighted by Crippen LogP contribution is 2.20. The molecule has 5 nitrogen and oxygen atoms in total. The van der Waals surface area contributed by atoms with Gasteiger partial charge in [-0.25, -0.2) is 13.1 Å². The number of benzene rings is 1. The molecule has 0 saturated heterocycles. The summed E-state index contributed by atoms with van der Waals surface area (Å²) in [6.07, 6.45) is 0. The lowest BCUT2D eigenvalue weighted by Gasteiger charge is -2.14. The Kier molecular flexibility index (Phi) is 5.30. The number of hydrogen-bond acceptors (Lipinski definition) is 3. The Labute approximate surface area is 143 Å². The standard InChI is InChI=1S/C18H24N2O3S/c1-12(2)20-13(3)10-17(14(20)4)11-19-24(22,23)18-8-6-16(7-9-18)15(5)21/h6-10,12,19H,11H2,1-5H3. The normalized spacial score (nSPS) is 11.9. The molecule has 1 aromatic heterocycles. The zero-order valence-electron chi connectivity index (χ0n) is 14.8. The van der Waals surface area contributed by atoms with Crippen LogP contribution in [0.15, 0.2) is 35.2 Å². The van der Waals surface area contributed by atoms with Crippen LogP contribution in [0.5, 0.6) is 0 Å². The van der Waals surface area contributed by atoms with Crippen molar-refractivity contribution in [3.8, 4) is 0 Å². The van der Waals surface area contributed by atoms with Gasteiger partial charge >= 0.3 is 0 Å². The Balaban J connectivity index is 2.19. The zero-order valence-corrected chi connectivity index (χ0v) is 15.6. The first-order valence-corrected chi connectivity index (χ1v) is 9.39. The second-order valence-electron chi connectivity index (χ2n) is 6.27. The minimum atomic E-state index is -3.61. The van der Waals surface area contributed by atoms with Crippen molar-refractivity contribution in [2.45, 2.75) is 52.1 Å². The summed E-state index contributed by atoms with van der Waals surface area (Å²) in [4.78, 5) is 11.4. The van der Waals surface area contributed by atoms with Gasteiger partial charge in [-0.2, -0.15) is 0 Å². The third-order valence-electron chi connectivity index (χ3n) is 4.13. The van der Waals surface area contributed by atoms with E-state index < -0.39 is 10.0 Å². The number of aromatic nitrogens is 1. The fourth-order valence-electron chi connectivity index (χ4n) is 2.94. The smallest absolute Gasteiger partial charge is 0.240 e. The van der Waals surface area contributed by atoms with E-state index in [9.17, 15) is 13.2 Å². The molecule has 2 rings (SSSR count). The van der Waals surface area contributed by atoms with Gasteiger partial charge in [-0.15, -0.1) is 0 Å². The van der Waals surface area contributed by atoms with Gasteiger partial charge in [0.2, 0.25) is 10.0 Å². The van der Waals surface area contributed by atoms with Crippen molar-refractivity contribution in [1.29, 1.82) is 0 Å². The third-order valence-corrected chi connectivity index (χ3v) is 5.55. The molecule has 0 spiro atoms. The number of ketones is 1. The topological polar surface area (TPSA) is 68.2 Å². The molecule has 1 heterocycles. The second-order valence-corrected chi connectivity index (χ2v) is 8.03. The minimum Gasteiger partial charge on any atom is -0.346 e. The predicted molar refractivity (Wildman–Crippen MR) is 94.8 cm³/mol. The van der Waals surface area contributed by atoms with Gasteiger partial charge in [0.05, 0.1) is 4.90 Å². The van der Waals surface area contributed by atoms with Crippen LogP contribution in [-0.4, -0.2) is 18.8 Å². The highest BCUT2D eigenvalue weighted by molar-refractivity contribution is 7.89. The van der Waals surface area contributed by atoms with E-state index in [2.05, 4.69) is 23.1 Å². The van der Waals surface area contributed by atoms with Gasteiger partial charge in [0.25, 0.3) is 0 Å². The Morgan fingerprint density at radius 3 is 2.21 bits per heavy atom. The molecule has 24 heavy (non-hydrogen) atoms. The number of aryl methyl sites for hydroxylation is 1. The van der Waals surface area contributed by atoms with Gasteiger partial charge in [0.1, 0.15) is 0 Å². The van der Waals surface area contributed by atoms with Crippen LogP contribution in [0.3, 0.4) is 0 Å². The number of Topliss-reactive ketones (excluding diaryl/α,β-unsaturated/α-hetero) is 1. The van der Waals surface area contributed by atoms with E-state index in [1.54, 1.807) is 0 Å². The summed E-state index contributed by atoms with van der Waals surface area (Å²) < 4.78 is 29.7. The van der Waals surface area contributed by atoms with Crippen molar-refractivity contribution in [1.82, 2.24) is 9.29 Å². The zero-order chi connectivity index (χ0) is 18.1. The summed E-state index contributed by atoms with van der Waals surface area (Å²) in [6, 6.07) is 8.31. The van der Waals surface area contributed by atoms with E-state index in [0.717, 1.165) is 17.0 Å². The first-order valence-electron chi connectivity index (χ1n) is 7.91. The summed E-state index contributed by atoms with van der Waals surface area (Å²) >= 11 is 0. The molecule has 0 aliphatic rings. The van der Waals surface area contributed by atoms with Gasteiger partial charge in [-0.1, -0.05) is 12.1 Å². The van der Waals surface area contributed by atoms with Gasteiger partial charge in [-0.05, 0) is 58.4 Å². The van der Waals surface area contributed by atoms with Crippen LogP contribution >= 0.6 is 0 Å². The molecule has 0 saturated carbocycles. The maximum absolute atomic E-state index is 12.4. The minimum absolute atomic E-state index is 0.0898. The van der Waals surface area contributed by atoms with Crippen LogP contribution in [0.4, 0.5) is 0 Å². The van der Waals surface area contributed by atoms with E-state index in [1.807, 2.05) is 19.9 Å². The van der Waals surface area contributed by atoms with Gasteiger partial charge in [-0.3, -0.25) is 4.79 Å². The average molecular weight is 348 g/mol. The number of hydrogen-bond donors (Lipinski definition) is 1. The maximum Gasteiger partial charge on any atom is 0.240 e. The molecule has 0 unspecified atom stereocenters. The quantitative estimate of drug-likeness (QED) is 0.814. The van der Waals surface area contributed by atoms with E-state index in [-0.39, 0.29) is 17.2 Å². The van der Waals surface area contributed by atoms with E-state index in [1.165, 1.54) is 31.2 Å². The van der Waals surface area contributed by atoms with Crippen molar-refractivity contribution < 1.29 is 13.2 Å². The molecule has 0 amide bonds. The fourth-order valence-corrected chi connectivity index (χ4v) is 3.95. The highest BCUT2D eigenvalue weighted by atomic mass is 32.2. The monoisotopic (exact) mass is 348 g/mol. The van der Waals surface area contributed by atoms with E-state index >= 15 is 0 Å². The molecule has 0 atom stereocenters. The van der Waals surface area contributed by atoms with Crippen molar-refractivity contribution in [2.24, 2.45) is 0 Å². The molecular formula is C18H24N2O3S. The Bertz CT molecular complexity index is 847. The number of carbonyl (C=O) groups is 1. The molecule has 1 N–H and O–H groups in total. The van der Waals surface area contributed by atoms with Crippen molar-refractivity contribution in [2.75, 3.05) is 0 Å². The first-order chi connectivity index (χ1) is 11.1. The van der Waals surface area contributed by atoms with Crippen molar-refractivity contribution in [3.63, 3.8) is 0 Å². The number of carbonyl (C=O) groups excluding carboxylic acids is 1. The van der Waals surface area contributed by atoms with Crippen LogP contribution in [-0.2, 0) is 16.6 Å². The lowest BCUT2D eigenvalue weighted by atomic mass is 10.2. The molecule has 130 valence electrons. The van der Waals surface area contributed by atoms with Crippen molar-refractivity contribution >= 4 is 15.8 Å². The van der Waals surface area contributed by atoms with Crippen LogP contribution in [0.25, 0.3) is 0 Å². The average Bonchev–Trinajstić information content (AvgIpc) is 2.79. The maximum atomic E-state index is 12.4. The number of nitrogens with zero attached hydrogens (tertiary/aromatic N) is 1. The predicted octanol–water partition coefficient (Wildman–Crippen LogP) is 3.37. The van der Waals surface area contributed by atoms with Gasteiger partial charge < -0.3 is 4.57 Å². The van der Waals surface area contributed by atoms with Gasteiger partial charge in [0, 0.05) is 29.5 Å². The van der Waals surface area contributed by atoms with Gasteiger partial charge in [0.15, 0.2) is 5.78 Å². The molecule has 0 fully saturated rings. The van der Waals surface area contributed by atoms with E-state index in [4.69, 9.17) is 0 Å². The van der Waals surface area contributed by atoms with Crippen LogP contribution in [0, 0.1) is 13.8 Å². The Morgan fingerprint density at radius 1 is 1.17 bits per heavy atom. The van der Waals surface area contributed by atoms with E-state index in [0.29, 0.717) is 11.6 Å². The summed E-state index contributed by atoms with van der Waals surface area (Å²) in [5.41, 5.74) is 3.64. The van der Waals surface area contributed by atoms with Crippen LogP contribution in [0.2, 0.25) is 0 Å². The number of rotatable bonds is 6. The largest absolute Gasteiger partial charge is 0.346 e. The Morgan fingerprint density at radius 2 is 1.75 bits per heavy atom. The highest BCUT2D eigenvalue weighted by Gasteiger charge is 2.17. The van der Waals surface area contributed by atoms with Crippen LogP contribution < -0.4 is 4.72 Å². The summed E-state index contributed by atoms with van der Waals surface area (Å²) in [5, 5.41) is 0. The third kappa shape index (κ3) is 3.76. The summed E-state index contributed by atoms with van der Waals surface area (Å²) in [7, 11) is -3.61. The number of nitrogens with one attached hydrogen (secondary N) is 1.